The minimum Gasteiger partial charge on any atom is -0.506 e. The number of aliphatic hydroxyl groups is 1. The lowest BCUT2D eigenvalue weighted by Gasteiger charge is -2.52. The highest BCUT2D eigenvalue weighted by molar-refractivity contribution is 6.33. The van der Waals surface area contributed by atoms with Crippen LogP contribution in [0.1, 0.15) is 35.7 Å². The number of amides is 1. The Labute approximate surface area is 196 Å². The van der Waals surface area contributed by atoms with Crippen LogP contribution in [0.3, 0.4) is 0 Å². The van der Waals surface area contributed by atoms with Crippen molar-refractivity contribution < 1.29 is 29.4 Å². The van der Waals surface area contributed by atoms with E-state index in [0.29, 0.717) is 24.3 Å². The van der Waals surface area contributed by atoms with E-state index < -0.39 is 64.3 Å². The number of anilines is 1. The molecular weight excluding hydrogens is 442 g/mol. The molecule has 0 aromatic carbocycles. The lowest BCUT2D eigenvalue weighted by molar-refractivity contribution is -0.154. The van der Waals surface area contributed by atoms with Crippen LogP contribution in [0.25, 0.3) is 0 Å². The average Bonchev–Trinajstić information content (AvgIpc) is 2.75. The molecular formula is C23H29N5O6. The second-order valence-electron chi connectivity index (χ2n) is 9.58. The second kappa shape index (κ2) is 8.24. The predicted octanol–water partition coefficient (Wildman–Crippen LogP) is -0.783. The Balaban J connectivity index is 1.85. The average molecular weight is 472 g/mol. The van der Waals surface area contributed by atoms with E-state index in [1.807, 2.05) is 6.92 Å². The normalized spacial score (nSPS) is 32.6. The molecule has 4 rings (SSSR count). The molecule has 34 heavy (non-hydrogen) atoms. The molecule has 3 aliphatic carbocycles. The smallest absolute Gasteiger partial charge is 0.233 e. The summed E-state index contributed by atoms with van der Waals surface area (Å²) in [6.45, 7) is 2.26. The zero-order valence-electron chi connectivity index (χ0n) is 19.3. The van der Waals surface area contributed by atoms with Crippen LogP contribution in [-0.4, -0.2) is 76.4 Å². The van der Waals surface area contributed by atoms with Gasteiger partial charge < -0.3 is 31.6 Å². The minimum atomic E-state index is -2.50. The highest BCUT2D eigenvalue weighted by atomic mass is 16.3. The van der Waals surface area contributed by atoms with Gasteiger partial charge >= 0.3 is 0 Å². The van der Waals surface area contributed by atoms with E-state index in [-0.39, 0.29) is 24.2 Å². The van der Waals surface area contributed by atoms with Gasteiger partial charge in [0.1, 0.15) is 17.5 Å². The number of nitrogens with two attached hydrogens (primary N) is 1. The van der Waals surface area contributed by atoms with Crippen LogP contribution >= 0.6 is 0 Å². The van der Waals surface area contributed by atoms with Crippen molar-refractivity contribution in [2.24, 2.45) is 29.4 Å². The molecule has 0 spiro atoms. The quantitative estimate of drug-likeness (QED) is 0.343. The summed E-state index contributed by atoms with van der Waals surface area (Å²) >= 11 is 0. The van der Waals surface area contributed by atoms with Gasteiger partial charge in [-0.25, -0.2) is 4.98 Å². The van der Waals surface area contributed by atoms with Gasteiger partial charge in [0.2, 0.25) is 5.91 Å². The van der Waals surface area contributed by atoms with Crippen LogP contribution in [-0.2, 0) is 20.8 Å². The van der Waals surface area contributed by atoms with E-state index in [9.17, 15) is 29.4 Å². The van der Waals surface area contributed by atoms with Crippen molar-refractivity contribution in [1.29, 1.82) is 5.41 Å². The second-order valence-corrected chi connectivity index (χ2v) is 9.58. The summed E-state index contributed by atoms with van der Waals surface area (Å²) in [6.07, 6.45) is 2.10. The van der Waals surface area contributed by atoms with Crippen molar-refractivity contribution in [3.63, 3.8) is 0 Å². The van der Waals surface area contributed by atoms with E-state index in [2.05, 4.69) is 10.3 Å². The maximum Gasteiger partial charge on any atom is 0.233 e. The Morgan fingerprint density at radius 3 is 2.62 bits per heavy atom. The Kier molecular flexibility index (Phi) is 5.81. The number of nitrogens with one attached hydrogen (secondary N) is 2. The SMILES string of the molecule is CCCNC1C(=O)C(C(N)=O)C(=N)C2(O)C(=O)C3C(=O)c4c(O)cnc(N(C)C)c4CC3CC12. The van der Waals surface area contributed by atoms with E-state index in [4.69, 9.17) is 11.1 Å². The summed E-state index contributed by atoms with van der Waals surface area (Å²) < 4.78 is 0. The third-order valence-corrected chi connectivity index (χ3v) is 7.37. The number of carbonyl (C=O) groups excluding carboxylic acids is 4. The number of ketones is 3. The summed E-state index contributed by atoms with van der Waals surface area (Å²) in [7, 11) is 3.49. The molecule has 1 heterocycles. The van der Waals surface area contributed by atoms with Crippen molar-refractivity contribution in [1.82, 2.24) is 10.3 Å². The Hall–Kier alpha value is -3.18. The fourth-order valence-electron chi connectivity index (χ4n) is 5.88. The number of nitrogens with zero attached hydrogens (tertiary/aromatic N) is 2. The van der Waals surface area contributed by atoms with E-state index in [1.54, 1.807) is 19.0 Å². The third kappa shape index (κ3) is 3.17. The largest absolute Gasteiger partial charge is 0.506 e. The van der Waals surface area contributed by atoms with Gasteiger partial charge in [-0.2, -0.15) is 0 Å². The summed E-state index contributed by atoms with van der Waals surface area (Å²) in [6, 6.07) is -1.08. The monoisotopic (exact) mass is 471 g/mol. The molecule has 1 amide bonds. The molecule has 0 bridgehead atoms. The molecule has 1 aromatic heterocycles. The van der Waals surface area contributed by atoms with Crippen LogP contribution in [0.5, 0.6) is 5.75 Å². The number of hydrogen-bond acceptors (Lipinski definition) is 10. The molecule has 11 heteroatoms. The molecule has 0 saturated heterocycles. The van der Waals surface area contributed by atoms with Gasteiger partial charge in [0, 0.05) is 25.6 Å². The van der Waals surface area contributed by atoms with E-state index in [1.165, 1.54) is 0 Å². The van der Waals surface area contributed by atoms with Crippen LogP contribution in [0.2, 0.25) is 0 Å². The molecule has 3 aliphatic rings. The molecule has 0 radical (unpaired) electrons. The number of aromatic hydroxyl groups is 1. The number of aromatic nitrogens is 1. The van der Waals surface area contributed by atoms with Crippen LogP contribution in [0, 0.1) is 29.1 Å². The fourth-order valence-corrected chi connectivity index (χ4v) is 5.88. The lowest BCUT2D eigenvalue weighted by Crippen LogP contribution is -2.74. The highest BCUT2D eigenvalue weighted by Gasteiger charge is 2.67. The van der Waals surface area contributed by atoms with Gasteiger partial charge in [-0.15, -0.1) is 0 Å². The van der Waals surface area contributed by atoms with Crippen LogP contribution in [0.15, 0.2) is 6.20 Å². The van der Waals surface area contributed by atoms with Gasteiger partial charge in [0.15, 0.2) is 23.0 Å². The molecule has 182 valence electrons. The van der Waals surface area contributed by atoms with Gasteiger partial charge in [0.25, 0.3) is 0 Å². The minimum absolute atomic E-state index is 0.0270. The first kappa shape index (κ1) is 24.0. The van der Waals surface area contributed by atoms with Crippen molar-refractivity contribution in [2.75, 3.05) is 25.5 Å². The van der Waals surface area contributed by atoms with Crippen LogP contribution < -0.4 is 16.0 Å². The molecule has 6 atom stereocenters. The zero-order valence-corrected chi connectivity index (χ0v) is 19.3. The number of fused-ring (bicyclic) bond motifs is 3. The summed E-state index contributed by atoms with van der Waals surface area (Å²) in [5, 5.41) is 33.6. The van der Waals surface area contributed by atoms with Crippen molar-refractivity contribution >= 4 is 34.8 Å². The Morgan fingerprint density at radius 2 is 2.03 bits per heavy atom. The summed E-state index contributed by atoms with van der Waals surface area (Å²) in [4.78, 5) is 58.4. The third-order valence-electron chi connectivity index (χ3n) is 7.37. The van der Waals surface area contributed by atoms with Crippen molar-refractivity contribution in [3.05, 3.63) is 17.3 Å². The Morgan fingerprint density at radius 1 is 1.35 bits per heavy atom. The number of carbonyl (C=O) groups is 4. The summed E-state index contributed by atoms with van der Waals surface area (Å²) in [5.41, 5.74) is 2.58. The maximum atomic E-state index is 13.8. The Bertz CT molecular complexity index is 1120. The fraction of sp³-hybridized carbons (Fsp3) is 0.565. The maximum absolute atomic E-state index is 13.8. The molecule has 6 N–H and O–H groups in total. The predicted molar refractivity (Wildman–Crippen MR) is 121 cm³/mol. The van der Waals surface area contributed by atoms with Gasteiger partial charge in [-0.3, -0.25) is 19.2 Å². The first-order chi connectivity index (χ1) is 16.0. The molecule has 0 aliphatic heterocycles. The van der Waals surface area contributed by atoms with Gasteiger partial charge in [-0.1, -0.05) is 6.92 Å². The topological polar surface area (TPSA) is 187 Å². The first-order valence-corrected chi connectivity index (χ1v) is 11.3. The molecule has 2 fully saturated rings. The number of Topliss-reactive ketones (excluding diaryl/α,β-unsaturated/α-hetero) is 3. The van der Waals surface area contributed by atoms with Crippen molar-refractivity contribution in [2.45, 2.75) is 37.8 Å². The number of pyridine rings is 1. The zero-order chi connectivity index (χ0) is 25.1. The number of hydrogen-bond donors (Lipinski definition) is 5. The molecule has 6 unspecified atom stereocenters. The lowest BCUT2D eigenvalue weighted by atomic mass is 9.52. The molecule has 2 saturated carbocycles. The van der Waals surface area contributed by atoms with Crippen molar-refractivity contribution in [3.8, 4) is 5.75 Å². The number of rotatable bonds is 5. The number of primary amides is 1. The van der Waals surface area contributed by atoms with Crippen LogP contribution in [0.4, 0.5) is 5.82 Å². The van der Waals surface area contributed by atoms with Gasteiger partial charge in [-0.05, 0) is 31.7 Å². The summed E-state index contributed by atoms with van der Waals surface area (Å²) in [5.74, 6) is -7.95. The van der Waals surface area contributed by atoms with E-state index in [0.717, 1.165) is 6.20 Å². The molecule has 1 aromatic rings. The standard InChI is InChI=1S/C23H29N5O6/c1-4-5-26-16-11-7-9-6-10-14(12(29)8-27-22(10)28(2)3)17(30)13(9)20(32)23(11,34)19(24)15(18(16)31)21(25)33/h8-9,11,13,15-16,24,26,29,34H,4-7H2,1-3H3,(H2,25,33). The van der Waals surface area contributed by atoms with Gasteiger partial charge in [0.05, 0.1) is 29.4 Å². The van der Waals surface area contributed by atoms with E-state index >= 15 is 0 Å². The highest BCUT2D eigenvalue weighted by Crippen LogP contribution is 2.50. The molecule has 11 nitrogen and oxygen atoms in total. The first-order valence-electron chi connectivity index (χ1n) is 11.3.